The molecule has 78 valence electrons. The maximum Gasteiger partial charge on any atom is 0.0723 e. The van der Waals surface area contributed by atoms with E-state index in [1.807, 2.05) is 0 Å². The molecule has 0 bridgehead atoms. The number of rotatable bonds is 4. The molecule has 5 heteroatoms. The summed E-state index contributed by atoms with van der Waals surface area (Å²) < 4.78 is 0. The van der Waals surface area contributed by atoms with Crippen LogP contribution < -0.4 is 11.1 Å². The summed E-state index contributed by atoms with van der Waals surface area (Å²) in [4.78, 5) is 0. The lowest BCUT2D eigenvalue weighted by molar-refractivity contribution is 0.204. The van der Waals surface area contributed by atoms with Crippen molar-refractivity contribution in [3.63, 3.8) is 0 Å². The fourth-order valence-corrected chi connectivity index (χ4v) is 1.19. The molecule has 14 heavy (non-hydrogen) atoms. The van der Waals surface area contributed by atoms with Crippen molar-refractivity contribution < 1.29 is 10.2 Å². The summed E-state index contributed by atoms with van der Waals surface area (Å²) in [7, 11) is 0. The lowest BCUT2D eigenvalue weighted by Crippen LogP contribution is -2.28. The van der Waals surface area contributed by atoms with Crippen LogP contribution in [0.1, 0.15) is 0 Å². The van der Waals surface area contributed by atoms with Crippen LogP contribution in [0.4, 0.5) is 11.4 Å². The van der Waals surface area contributed by atoms with E-state index < -0.39 is 6.04 Å². The first-order valence-corrected chi connectivity index (χ1v) is 4.58. The molecule has 0 amide bonds. The Kier molecular flexibility index (Phi) is 4.00. The van der Waals surface area contributed by atoms with Crippen LogP contribution in [0.25, 0.3) is 0 Å². The number of benzene rings is 1. The third-order valence-corrected chi connectivity index (χ3v) is 2.05. The lowest BCUT2D eigenvalue weighted by atomic mass is 10.2. The van der Waals surface area contributed by atoms with Crippen LogP contribution in [0.15, 0.2) is 18.2 Å². The number of aliphatic hydroxyl groups is 2. The Morgan fingerprint density at radius 3 is 2.57 bits per heavy atom. The summed E-state index contributed by atoms with van der Waals surface area (Å²) in [5.74, 6) is 0. The zero-order chi connectivity index (χ0) is 10.6. The molecule has 0 radical (unpaired) electrons. The number of aliphatic hydroxyl groups excluding tert-OH is 2. The molecule has 0 aliphatic carbocycles. The summed E-state index contributed by atoms with van der Waals surface area (Å²) in [6, 6.07) is 4.57. The molecule has 0 fully saturated rings. The van der Waals surface area contributed by atoms with E-state index in [0.29, 0.717) is 16.4 Å². The van der Waals surface area contributed by atoms with Crippen LogP contribution in [0, 0.1) is 0 Å². The smallest absolute Gasteiger partial charge is 0.0723 e. The van der Waals surface area contributed by atoms with Gasteiger partial charge < -0.3 is 21.3 Å². The minimum Gasteiger partial charge on any atom is -0.397 e. The second kappa shape index (κ2) is 5.05. The topological polar surface area (TPSA) is 78.5 Å². The van der Waals surface area contributed by atoms with Gasteiger partial charge in [0.1, 0.15) is 0 Å². The summed E-state index contributed by atoms with van der Waals surface area (Å²) >= 11 is 5.77. The molecule has 1 rings (SSSR count). The first kappa shape index (κ1) is 11.1. The van der Waals surface area contributed by atoms with E-state index in [4.69, 9.17) is 27.5 Å². The highest BCUT2D eigenvalue weighted by Gasteiger charge is 2.07. The number of nitrogens with two attached hydrogens (primary N) is 1. The number of anilines is 2. The van der Waals surface area contributed by atoms with Gasteiger partial charge in [-0.25, -0.2) is 0 Å². The Morgan fingerprint density at radius 1 is 1.36 bits per heavy atom. The van der Waals surface area contributed by atoms with Crippen molar-refractivity contribution in [1.82, 2.24) is 0 Å². The van der Waals surface area contributed by atoms with Gasteiger partial charge in [-0.1, -0.05) is 11.6 Å². The minimum atomic E-state index is -0.421. The number of hydrogen-bond donors (Lipinski definition) is 4. The Morgan fingerprint density at radius 2 is 2.00 bits per heavy atom. The van der Waals surface area contributed by atoms with Gasteiger partial charge in [0, 0.05) is 5.02 Å². The van der Waals surface area contributed by atoms with Crippen LogP contribution in [0.5, 0.6) is 0 Å². The van der Waals surface area contributed by atoms with E-state index in [1.54, 1.807) is 18.2 Å². The molecule has 1 aromatic rings. The van der Waals surface area contributed by atoms with E-state index in [1.165, 1.54) is 0 Å². The molecular weight excluding hydrogens is 204 g/mol. The Hall–Kier alpha value is -0.970. The number of nitrogen functional groups attached to an aromatic ring is 1. The predicted molar refractivity (Wildman–Crippen MR) is 57.4 cm³/mol. The van der Waals surface area contributed by atoms with E-state index >= 15 is 0 Å². The van der Waals surface area contributed by atoms with Gasteiger partial charge in [-0.3, -0.25) is 0 Å². The second-order valence-electron chi connectivity index (χ2n) is 2.94. The zero-order valence-electron chi connectivity index (χ0n) is 7.57. The molecular formula is C9H13ClN2O2. The van der Waals surface area contributed by atoms with Crippen molar-refractivity contribution >= 4 is 23.0 Å². The molecule has 0 aliphatic rings. The van der Waals surface area contributed by atoms with Gasteiger partial charge in [0.2, 0.25) is 0 Å². The predicted octanol–water partition coefficient (Wildman–Crippen LogP) is 0.687. The monoisotopic (exact) mass is 216 g/mol. The van der Waals surface area contributed by atoms with Crippen molar-refractivity contribution in [2.24, 2.45) is 0 Å². The molecule has 1 aromatic carbocycles. The second-order valence-corrected chi connectivity index (χ2v) is 3.37. The Bertz CT molecular complexity index is 303. The van der Waals surface area contributed by atoms with Crippen molar-refractivity contribution in [1.29, 1.82) is 0 Å². The molecule has 5 N–H and O–H groups in total. The maximum absolute atomic E-state index is 8.85. The normalized spacial score (nSPS) is 10.6. The fourth-order valence-electron chi connectivity index (χ4n) is 1.02. The summed E-state index contributed by atoms with van der Waals surface area (Å²) in [6.07, 6.45) is 0. The number of hydrogen-bond acceptors (Lipinski definition) is 4. The Labute approximate surface area is 87.3 Å². The third kappa shape index (κ3) is 2.77. The van der Waals surface area contributed by atoms with Gasteiger partial charge in [0.25, 0.3) is 0 Å². The van der Waals surface area contributed by atoms with Crippen molar-refractivity contribution in [3.8, 4) is 0 Å². The zero-order valence-corrected chi connectivity index (χ0v) is 8.33. The van der Waals surface area contributed by atoms with Crippen molar-refractivity contribution in [2.75, 3.05) is 24.3 Å². The van der Waals surface area contributed by atoms with Crippen LogP contribution >= 0.6 is 11.6 Å². The molecule has 0 spiro atoms. The molecule has 0 saturated heterocycles. The lowest BCUT2D eigenvalue weighted by Gasteiger charge is -2.16. The highest BCUT2D eigenvalue weighted by Crippen LogP contribution is 2.23. The molecule has 4 nitrogen and oxygen atoms in total. The molecule has 0 atom stereocenters. The maximum atomic E-state index is 8.85. The first-order valence-electron chi connectivity index (χ1n) is 4.20. The third-order valence-electron chi connectivity index (χ3n) is 1.82. The van der Waals surface area contributed by atoms with Crippen LogP contribution in [-0.4, -0.2) is 29.5 Å². The minimum absolute atomic E-state index is 0.164. The molecule has 0 aliphatic heterocycles. The number of nitrogens with one attached hydrogen (secondary N) is 1. The van der Waals surface area contributed by atoms with Crippen molar-refractivity contribution in [2.45, 2.75) is 6.04 Å². The van der Waals surface area contributed by atoms with E-state index in [-0.39, 0.29) is 13.2 Å². The van der Waals surface area contributed by atoms with Gasteiger partial charge in [0.05, 0.1) is 30.6 Å². The highest BCUT2D eigenvalue weighted by molar-refractivity contribution is 6.31. The summed E-state index contributed by atoms with van der Waals surface area (Å²) in [5.41, 5.74) is 6.81. The van der Waals surface area contributed by atoms with Gasteiger partial charge in [0.15, 0.2) is 0 Å². The molecule has 0 saturated carbocycles. The summed E-state index contributed by atoms with van der Waals surface area (Å²) in [5, 5.41) is 21.1. The Balaban J connectivity index is 2.79. The molecule has 0 unspecified atom stereocenters. The van der Waals surface area contributed by atoms with Crippen LogP contribution in [0.2, 0.25) is 5.02 Å². The highest BCUT2D eigenvalue weighted by atomic mass is 35.5. The van der Waals surface area contributed by atoms with E-state index in [0.717, 1.165) is 0 Å². The summed E-state index contributed by atoms with van der Waals surface area (Å²) in [6.45, 7) is -0.328. The van der Waals surface area contributed by atoms with Crippen LogP contribution in [0.3, 0.4) is 0 Å². The quantitative estimate of drug-likeness (QED) is 0.559. The average molecular weight is 217 g/mol. The SMILES string of the molecule is Nc1ccc(Cl)cc1NC(CO)CO. The van der Waals surface area contributed by atoms with Gasteiger partial charge in [-0.15, -0.1) is 0 Å². The average Bonchev–Trinajstić information content (AvgIpc) is 2.19. The van der Waals surface area contributed by atoms with Gasteiger partial charge in [-0.2, -0.15) is 0 Å². The van der Waals surface area contributed by atoms with Gasteiger partial charge in [-0.05, 0) is 18.2 Å². The van der Waals surface area contributed by atoms with E-state index in [2.05, 4.69) is 5.32 Å². The largest absolute Gasteiger partial charge is 0.397 e. The first-order chi connectivity index (χ1) is 6.67. The molecule has 0 aromatic heterocycles. The number of halogens is 1. The molecule has 0 heterocycles. The van der Waals surface area contributed by atoms with E-state index in [9.17, 15) is 0 Å². The fraction of sp³-hybridized carbons (Fsp3) is 0.333. The van der Waals surface area contributed by atoms with Gasteiger partial charge >= 0.3 is 0 Å². The standard InChI is InChI=1S/C9H13ClN2O2/c10-6-1-2-8(11)9(3-6)12-7(4-13)5-14/h1-3,7,12-14H,4-5,11H2. The van der Waals surface area contributed by atoms with Crippen molar-refractivity contribution in [3.05, 3.63) is 23.2 Å². The van der Waals surface area contributed by atoms with Crippen LogP contribution in [-0.2, 0) is 0 Å².